The summed E-state index contributed by atoms with van der Waals surface area (Å²) >= 11 is 1.38. The zero-order valence-electron chi connectivity index (χ0n) is 13.0. The molecule has 0 bridgehead atoms. The zero-order chi connectivity index (χ0) is 16.6. The minimum Gasteiger partial charge on any atom is -0.461 e. The number of rotatable bonds is 4. The number of hydrogen-bond acceptors (Lipinski definition) is 4. The topological polar surface area (TPSA) is 39.2 Å². The molecule has 1 aromatic rings. The Morgan fingerprint density at radius 1 is 1.30 bits per heavy atom. The Morgan fingerprint density at radius 2 is 1.96 bits per heavy atom. The highest BCUT2D eigenvalue weighted by atomic mass is 32.1. The fourth-order valence-corrected chi connectivity index (χ4v) is 4.48. The lowest BCUT2D eigenvalue weighted by Gasteiger charge is -2.35. The molecule has 128 valence electrons. The molecule has 1 aromatic heterocycles. The summed E-state index contributed by atoms with van der Waals surface area (Å²) in [4.78, 5) is 17.1. The largest absolute Gasteiger partial charge is 0.461 e. The van der Waals surface area contributed by atoms with E-state index in [9.17, 15) is 18.0 Å². The van der Waals surface area contributed by atoms with Gasteiger partial charge in [-0.1, -0.05) is 12.8 Å². The number of ether oxygens (including phenoxy) is 1. The normalized spacial score (nSPS) is 25.4. The van der Waals surface area contributed by atoms with Crippen LogP contribution < -0.4 is 0 Å². The Bertz CT molecular complexity index is 572. The van der Waals surface area contributed by atoms with Crippen molar-refractivity contribution in [2.75, 3.05) is 6.61 Å². The van der Waals surface area contributed by atoms with Crippen molar-refractivity contribution in [1.82, 2.24) is 4.98 Å². The first-order chi connectivity index (χ1) is 10.8. The first-order valence-corrected chi connectivity index (χ1v) is 8.87. The Kier molecular flexibility index (Phi) is 4.67. The van der Waals surface area contributed by atoms with Gasteiger partial charge < -0.3 is 4.74 Å². The molecule has 0 radical (unpaired) electrons. The molecule has 2 fully saturated rings. The van der Waals surface area contributed by atoms with Crippen LogP contribution in [0.25, 0.3) is 0 Å². The third-order valence-electron chi connectivity index (χ3n) is 4.85. The summed E-state index contributed by atoms with van der Waals surface area (Å²) in [6.07, 6.45) is 0.628. The van der Waals surface area contributed by atoms with Crippen LogP contribution in [0.3, 0.4) is 0 Å². The van der Waals surface area contributed by atoms with E-state index < -0.39 is 18.1 Å². The van der Waals surface area contributed by atoms with E-state index in [1.807, 2.05) is 0 Å². The second kappa shape index (κ2) is 6.42. The van der Waals surface area contributed by atoms with Gasteiger partial charge in [-0.05, 0) is 38.5 Å². The molecule has 7 heteroatoms. The molecule has 0 unspecified atom stereocenters. The van der Waals surface area contributed by atoms with Crippen molar-refractivity contribution in [3.8, 4) is 0 Å². The van der Waals surface area contributed by atoms with Crippen molar-refractivity contribution < 1.29 is 22.7 Å². The molecular formula is C16H20F3NO2S. The number of carbonyl (C=O) groups excluding carboxylic acids is 1. The number of aryl methyl sites for hydroxylation is 1. The number of thiazole rings is 1. The van der Waals surface area contributed by atoms with Gasteiger partial charge in [0.25, 0.3) is 0 Å². The summed E-state index contributed by atoms with van der Waals surface area (Å²) in [7, 11) is 0. The highest BCUT2D eigenvalue weighted by molar-refractivity contribution is 7.13. The summed E-state index contributed by atoms with van der Waals surface area (Å²) < 4.78 is 42.5. The van der Waals surface area contributed by atoms with Crippen LogP contribution in [-0.2, 0) is 4.74 Å². The molecular weight excluding hydrogens is 327 g/mol. The van der Waals surface area contributed by atoms with Crippen LogP contribution >= 0.6 is 11.3 Å². The minimum atomic E-state index is -4.12. The first-order valence-electron chi connectivity index (χ1n) is 8.05. The van der Waals surface area contributed by atoms with Gasteiger partial charge in [-0.2, -0.15) is 13.2 Å². The van der Waals surface area contributed by atoms with Crippen LogP contribution in [0.5, 0.6) is 0 Å². The highest BCUT2D eigenvalue weighted by Crippen LogP contribution is 2.45. The zero-order valence-corrected chi connectivity index (χ0v) is 13.8. The Morgan fingerprint density at radius 3 is 2.57 bits per heavy atom. The van der Waals surface area contributed by atoms with E-state index in [0.29, 0.717) is 16.5 Å². The number of halogens is 3. The van der Waals surface area contributed by atoms with Gasteiger partial charge in [-0.15, -0.1) is 11.3 Å². The van der Waals surface area contributed by atoms with E-state index in [4.69, 9.17) is 4.74 Å². The second-order valence-corrected chi connectivity index (χ2v) is 7.65. The predicted octanol–water partition coefficient (Wildman–Crippen LogP) is 4.85. The van der Waals surface area contributed by atoms with Gasteiger partial charge >= 0.3 is 12.1 Å². The van der Waals surface area contributed by atoms with Gasteiger partial charge in [-0.25, -0.2) is 9.78 Å². The average Bonchev–Trinajstić information content (AvgIpc) is 3.03. The molecule has 2 aliphatic rings. The first kappa shape index (κ1) is 16.7. The lowest BCUT2D eigenvalue weighted by atomic mass is 9.75. The van der Waals surface area contributed by atoms with E-state index in [0.717, 1.165) is 17.8 Å². The van der Waals surface area contributed by atoms with Gasteiger partial charge in [0, 0.05) is 5.92 Å². The molecule has 0 atom stereocenters. The van der Waals surface area contributed by atoms with E-state index in [-0.39, 0.29) is 25.4 Å². The van der Waals surface area contributed by atoms with Gasteiger partial charge in [0.15, 0.2) is 0 Å². The van der Waals surface area contributed by atoms with Crippen molar-refractivity contribution in [1.29, 1.82) is 0 Å². The predicted molar refractivity (Wildman–Crippen MR) is 80.6 cm³/mol. The Balaban J connectivity index is 1.51. The molecule has 0 amide bonds. The molecule has 0 aromatic carbocycles. The molecule has 23 heavy (non-hydrogen) atoms. The smallest absolute Gasteiger partial charge is 0.391 e. The molecule has 1 heterocycles. The SMILES string of the molecule is Cc1nc(C2CCCC2)sc1C(=O)OCC1CC(C(F)(F)F)C1. The van der Waals surface area contributed by atoms with Crippen molar-refractivity contribution in [2.24, 2.45) is 11.8 Å². The average molecular weight is 347 g/mol. The third-order valence-corrected chi connectivity index (χ3v) is 6.15. The van der Waals surface area contributed by atoms with Crippen LogP contribution in [0.2, 0.25) is 0 Å². The molecule has 3 rings (SSSR count). The lowest BCUT2D eigenvalue weighted by molar-refractivity contribution is -0.206. The van der Waals surface area contributed by atoms with Gasteiger partial charge in [0.2, 0.25) is 0 Å². The Labute approximate surface area is 137 Å². The van der Waals surface area contributed by atoms with Gasteiger partial charge in [0.05, 0.1) is 23.2 Å². The van der Waals surface area contributed by atoms with Crippen molar-refractivity contribution in [3.05, 3.63) is 15.6 Å². The molecule has 2 saturated carbocycles. The number of aromatic nitrogens is 1. The summed E-state index contributed by atoms with van der Waals surface area (Å²) in [6.45, 7) is 1.86. The number of esters is 1. The number of carbonyl (C=O) groups is 1. The maximum Gasteiger partial charge on any atom is 0.391 e. The molecule has 0 N–H and O–H groups in total. The van der Waals surface area contributed by atoms with Gasteiger partial charge in [-0.3, -0.25) is 0 Å². The fraction of sp³-hybridized carbons (Fsp3) is 0.750. The molecule has 0 aliphatic heterocycles. The maximum absolute atomic E-state index is 12.4. The minimum absolute atomic E-state index is 0.0613. The number of alkyl halides is 3. The van der Waals surface area contributed by atoms with Crippen molar-refractivity contribution in [3.63, 3.8) is 0 Å². The van der Waals surface area contributed by atoms with E-state index in [1.165, 1.54) is 24.2 Å². The quantitative estimate of drug-likeness (QED) is 0.731. The molecule has 0 spiro atoms. The van der Waals surface area contributed by atoms with Crippen LogP contribution in [-0.4, -0.2) is 23.7 Å². The van der Waals surface area contributed by atoms with Crippen molar-refractivity contribution >= 4 is 17.3 Å². The lowest BCUT2D eigenvalue weighted by Crippen LogP contribution is -2.38. The van der Waals surface area contributed by atoms with Crippen LogP contribution in [0.1, 0.15) is 64.8 Å². The van der Waals surface area contributed by atoms with Crippen LogP contribution in [0, 0.1) is 18.8 Å². The second-order valence-electron chi connectivity index (χ2n) is 6.62. The van der Waals surface area contributed by atoms with Crippen LogP contribution in [0.4, 0.5) is 13.2 Å². The summed E-state index contributed by atoms with van der Waals surface area (Å²) in [6, 6.07) is 0. The molecule has 0 saturated heterocycles. The van der Waals surface area contributed by atoms with E-state index in [1.54, 1.807) is 6.92 Å². The fourth-order valence-electron chi connectivity index (χ4n) is 3.35. The van der Waals surface area contributed by atoms with Gasteiger partial charge in [0.1, 0.15) is 4.88 Å². The van der Waals surface area contributed by atoms with Crippen LogP contribution in [0.15, 0.2) is 0 Å². The summed E-state index contributed by atoms with van der Waals surface area (Å²) in [5.41, 5.74) is 0.670. The molecule has 3 nitrogen and oxygen atoms in total. The maximum atomic E-state index is 12.4. The van der Waals surface area contributed by atoms with E-state index >= 15 is 0 Å². The summed E-state index contributed by atoms with van der Waals surface area (Å²) in [5, 5.41) is 0.993. The monoisotopic (exact) mass is 347 g/mol. The van der Waals surface area contributed by atoms with Crippen molar-refractivity contribution in [2.45, 2.75) is 57.5 Å². The van der Waals surface area contributed by atoms with E-state index in [2.05, 4.69) is 4.98 Å². The highest BCUT2D eigenvalue weighted by Gasteiger charge is 2.48. The number of hydrogen-bond donors (Lipinski definition) is 0. The third kappa shape index (κ3) is 3.70. The standard InChI is InChI=1S/C16H20F3NO2S/c1-9-13(23-14(20-9)11-4-2-3-5-11)15(21)22-8-10-6-12(7-10)16(17,18)19/h10-12H,2-8H2,1H3. The number of nitrogens with zero attached hydrogens (tertiary/aromatic N) is 1. The summed E-state index contributed by atoms with van der Waals surface area (Å²) in [5.74, 6) is -1.41. The Hall–Kier alpha value is -1.11. The molecule has 2 aliphatic carbocycles.